The number of carbonyl (C=O) groups is 2. The van der Waals surface area contributed by atoms with Gasteiger partial charge in [0.1, 0.15) is 0 Å². The number of rotatable bonds is 4. The number of ketones is 2. The standard InChI is InChI=1S/C70H72N2O2/c1-33(2)59-61-47(41-5-9-43(10-6-41)67(61)73)23-55-53-21-45(69-27-35-13-36(28-69)15-37(14-35)29-69)19-51-49-26-58-50(25-57(49)71(63(51)53)65(55)59)52-20-46(70-30-38-16-39(31-70)18-40(17-38)32-70)22-54-56-24-48-42-7-11-44(12-8-42)68(74)62(48)60(34(3)4)66(56)72(58)64(52)54/h19-26,33-44H,5-18,27-32H2,1-4H3. The number of carbonyl (C=O) groups excluding carboxylic acids is 2. The number of Topliss-reactive ketones (excluding diaryl/α,β-unsaturated/α-hetero) is 2. The van der Waals surface area contributed by atoms with Crippen molar-refractivity contribution in [3.63, 3.8) is 0 Å². The van der Waals surface area contributed by atoms with E-state index in [2.05, 4.69) is 85.0 Å². The summed E-state index contributed by atoms with van der Waals surface area (Å²) in [7, 11) is 0. The molecule has 14 aliphatic carbocycles. The van der Waals surface area contributed by atoms with Crippen LogP contribution in [0.4, 0.5) is 0 Å². The summed E-state index contributed by atoms with van der Waals surface area (Å²) in [6.45, 7) is 9.53. The number of aromatic nitrogens is 2. The van der Waals surface area contributed by atoms with E-state index < -0.39 is 0 Å². The van der Waals surface area contributed by atoms with E-state index in [1.54, 1.807) is 11.1 Å². The van der Waals surface area contributed by atoms with Crippen LogP contribution >= 0.6 is 0 Å². The fourth-order valence-corrected chi connectivity index (χ4v) is 22.6. The first kappa shape index (κ1) is 42.2. The average Bonchev–Trinajstić information content (AvgIpc) is 4.06. The van der Waals surface area contributed by atoms with Crippen molar-refractivity contribution in [3.05, 3.63) is 93.0 Å². The summed E-state index contributed by atoms with van der Waals surface area (Å²) in [6.07, 6.45) is 25.5. The van der Waals surface area contributed by atoms with Gasteiger partial charge in [-0.15, -0.1) is 0 Å². The molecule has 23 rings (SSSR count). The van der Waals surface area contributed by atoms with Gasteiger partial charge in [0.25, 0.3) is 0 Å². The quantitative estimate of drug-likeness (QED) is 0.176. The lowest BCUT2D eigenvalue weighted by Gasteiger charge is -2.57. The molecule has 4 heteroatoms. The highest BCUT2D eigenvalue weighted by Crippen LogP contribution is 2.64. The van der Waals surface area contributed by atoms with Crippen LogP contribution < -0.4 is 0 Å². The maximum atomic E-state index is 15.1. The highest BCUT2D eigenvalue weighted by atomic mass is 16.1. The summed E-state index contributed by atoms with van der Waals surface area (Å²) >= 11 is 0. The first-order valence-corrected chi connectivity index (χ1v) is 30.6. The molecular formula is C70H72N2O2. The van der Waals surface area contributed by atoms with Crippen LogP contribution in [0.15, 0.2) is 48.5 Å². The van der Waals surface area contributed by atoms with Gasteiger partial charge < -0.3 is 8.80 Å². The summed E-state index contributed by atoms with van der Waals surface area (Å²) in [4.78, 5) is 30.2. The Morgan fingerprint density at radius 1 is 0.378 bits per heavy atom. The molecule has 0 spiro atoms. The zero-order chi connectivity index (χ0) is 48.7. The largest absolute Gasteiger partial charge is 0.308 e. The van der Waals surface area contributed by atoms with Crippen LogP contribution in [0.3, 0.4) is 0 Å². The van der Waals surface area contributed by atoms with Gasteiger partial charge in [-0.25, -0.2) is 0 Å². The summed E-state index contributed by atoms with van der Waals surface area (Å²) in [6, 6.07) is 21.5. The number of hydrogen-bond acceptors (Lipinski definition) is 2. The molecule has 10 saturated carbocycles. The van der Waals surface area contributed by atoms with Crippen molar-refractivity contribution in [1.82, 2.24) is 8.80 Å². The first-order chi connectivity index (χ1) is 36.0. The van der Waals surface area contributed by atoms with Crippen molar-refractivity contribution < 1.29 is 9.59 Å². The molecule has 10 fully saturated rings. The molecule has 0 aliphatic heterocycles. The van der Waals surface area contributed by atoms with Crippen LogP contribution in [-0.2, 0) is 10.8 Å². The molecule has 4 aromatic heterocycles. The second-order valence-electron chi connectivity index (χ2n) is 29.2. The molecule has 0 saturated heterocycles. The SMILES string of the molecule is CC(C)c1c2c(cc3c4cc(C56CC7CC(CC(C7)C5)C6)cc5c6cc7c(cc6n(c13)c54)c1cc(C34CC5CC(CC(C5)C3)C4)cc3c4cc5c(c(C(C)C)c4n7c13)C(=O)C1CCC5CC1)C1CCC(CC1)C2=O. The van der Waals surface area contributed by atoms with E-state index in [1.807, 2.05) is 0 Å². The Balaban J connectivity index is 0.986. The van der Waals surface area contributed by atoms with Gasteiger partial charge in [-0.3, -0.25) is 9.59 Å². The number of nitrogens with zero attached hydrogens (tertiary/aromatic N) is 2. The molecule has 0 unspecified atom stereocenters. The topological polar surface area (TPSA) is 43.0 Å². The first-order valence-electron chi connectivity index (χ1n) is 30.6. The molecule has 0 amide bonds. The monoisotopic (exact) mass is 973 g/mol. The van der Waals surface area contributed by atoms with E-state index in [0.29, 0.717) is 23.4 Å². The van der Waals surface area contributed by atoms with Crippen molar-refractivity contribution in [1.29, 1.82) is 0 Å². The van der Waals surface area contributed by atoms with Gasteiger partial charge in [0.2, 0.25) is 0 Å². The molecule has 74 heavy (non-hydrogen) atoms. The fourth-order valence-electron chi connectivity index (χ4n) is 22.6. The van der Waals surface area contributed by atoms with E-state index in [4.69, 9.17) is 0 Å². The Hall–Kier alpha value is -4.96. The van der Waals surface area contributed by atoms with Gasteiger partial charge in [0, 0.05) is 66.1 Å². The molecule has 0 atom stereocenters. The second-order valence-corrected chi connectivity index (χ2v) is 29.2. The van der Waals surface area contributed by atoms with Crippen LogP contribution in [0, 0.1) is 47.3 Å². The Kier molecular flexibility index (Phi) is 7.85. The highest BCUT2D eigenvalue weighted by Gasteiger charge is 2.54. The lowest BCUT2D eigenvalue weighted by atomic mass is 9.48. The fraction of sp³-hybridized carbons (Fsp3) is 0.543. The minimum absolute atomic E-state index is 0.156. The second kappa shape index (κ2) is 13.8. The summed E-state index contributed by atoms with van der Waals surface area (Å²) in [5, 5.41) is 11.3. The molecule has 374 valence electrons. The maximum Gasteiger partial charge on any atom is 0.166 e. The van der Waals surface area contributed by atoms with Gasteiger partial charge in [0.15, 0.2) is 11.6 Å². The third-order valence-corrected chi connectivity index (χ3v) is 24.6. The molecule has 4 heterocycles. The van der Waals surface area contributed by atoms with Crippen molar-refractivity contribution in [2.75, 3.05) is 0 Å². The lowest BCUT2D eigenvalue weighted by molar-refractivity contribution is -0.00520. The summed E-state index contributed by atoms with van der Waals surface area (Å²) in [5.74, 6) is 7.76. The zero-order valence-electron chi connectivity index (χ0n) is 44.4. The van der Waals surface area contributed by atoms with Crippen LogP contribution in [0.25, 0.3) is 76.2 Å². The summed E-state index contributed by atoms with van der Waals surface area (Å²) < 4.78 is 5.46. The van der Waals surface area contributed by atoms with E-state index in [-0.39, 0.29) is 34.5 Å². The van der Waals surface area contributed by atoms with Crippen molar-refractivity contribution >= 4 is 87.8 Å². The smallest absolute Gasteiger partial charge is 0.166 e. The molecule has 5 aromatic carbocycles. The molecule has 12 bridgehead atoms. The van der Waals surface area contributed by atoms with Crippen LogP contribution in [0.2, 0.25) is 0 Å². The molecule has 9 aromatic rings. The van der Waals surface area contributed by atoms with Gasteiger partial charge in [-0.1, -0.05) is 27.7 Å². The van der Waals surface area contributed by atoms with Crippen LogP contribution in [-0.4, -0.2) is 20.4 Å². The van der Waals surface area contributed by atoms with E-state index in [9.17, 15) is 0 Å². The third kappa shape index (κ3) is 5.03. The van der Waals surface area contributed by atoms with Gasteiger partial charge in [-0.2, -0.15) is 0 Å². The zero-order valence-corrected chi connectivity index (χ0v) is 44.4. The van der Waals surface area contributed by atoms with Gasteiger partial charge >= 0.3 is 0 Å². The highest BCUT2D eigenvalue weighted by molar-refractivity contribution is 6.30. The summed E-state index contributed by atoms with van der Waals surface area (Å²) in [5.41, 5.74) is 19.3. The number of hydrogen-bond donors (Lipinski definition) is 0. The Morgan fingerprint density at radius 3 is 1.00 bits per heavy atom. The van der Waals surface area contributed by atoms with E-state index in [1.165, 1.54) is 175 Å². The molecule has 0 N–H and O–H groups in total. The Labute approximate surface area is 435 Å². The molecule has 14 aliphatic rings. The third-order valence-electron chi connectivity index (χ3n) is 24.6. The number of fused-ring (bicyclic) bond motifs is 16. The van der Waals surface area contributed by atoms with Crippen molar-refractivity contribution in [3.8, 4) is 0 Å². The van der Waals surface area contributed by atoms with E-state index in [0.717, 1.165) is 98.0 Å². The number of benzene rings is 5. The normalized spacial score (nSPS) is 34.9. The van der Waals surface area contributed by atoms with Crippen molar-refractivity contribution in [2.45, 2.75) is 191 Å². The Bertz CT molecular complexity index is 3720. The predicted octanol–water partition coefficient (Wildman–Crippen LogP) is 18.1. The Morgan fingerprint density at radius 2 is 0.676 bits per heavy atom. The molecule has 0 radical (unpaired) electrons. The minimum atomic E-state index is 0.156. The van der Waals surface area contributed by atoms with Crippen molar-refractivity contribution in [2.24, 2.45) is 47.3 Å². The predicted molar refractivity (Wildman–Crippen MR) is 302 cm³/mol. The molecular weight excluding hydrogens is 901 g/mol. The van der Waals surface area contributed by atoms with Gasteiger partial charge in [-0.05, 0) is 280 Å². The van der Waals surface area contributed by atoms with E-state index >= 15 is 9.59 Å². The lowest BCUT2D eigenvalue weighted by Crippen LogP contribution is -2.48. The van der Waals surface area contributed by atoms with Crippen LogP contribution in [0.1, 0.15) is 234 Å². The van der Waals surface area contributed by atoms with Gasteiger partial charge in [0.05, 0.1) is 33.1 Å². The molecule has 4 nitrogen and oxygen atoms in total. The average molecular weight is 973 g/mol. The maximum absolute atomic E-state index is 15.1. The minimum Gasteiger partial charge on any atom is -0.308 e. The van der Waals surface area contributed by atoms with Crippen LogP contribution in [0.5, 0.6) is 0 Å².